The molecule has 0 saturated heterocycles. The number of imidazole rings is 1. The number of alkyl halides is 1. The van der Waals surface area contributed by atoms with Crippen LogP contribution in [0.3, 0.4) is 0 Å². The lowest BCUT2D eigenvalue weighted by Gasteiger charge is -2.10. The van der Waals surface area contributed by atoms with Gasteiger partial charge in [0.1, 0.15) is 11.6 Å². The summed E-state index contributed by atoms with van der Waals surface area (Å²) in [6.45, 7) is 1.99. The van der Waals surface area contributed by atoms with Crippen LogP contribution in [0.4, 0.5) is 4.39 Å². The van der Waals surface area contributed by atoms with Gasteiger partial charge in [0.05, 0.1) is 22.6 Å². The van der Waals surface area contributed by atoms with Crippen molar-refractivity contribution in [2.75, 3.05) is 0 Å². The molecule has 0 amide bonds. The minimum Gasteiger partial charge on any atom is -0.292 e. The summed E-state index contributed by atoms with van der Waals surface area (Å²) in [5.41, 5.74) is 3.27. The van der Waals surface area contributed by atoms with Crippen molar-refractivity contribution in [3.63, 3.8) is 0 Å². The van der Waals surface area contributed by atoms with Crippen LogP contribution in [0.15, 0.2) is 42.5 Å². The van der Waals surface area contributed by atoms with Gasteiger partial charge in [-0.1, -0.05) is 24.3 Å². The van der Waals surface area contributed by atoms with Crippen molar-refractivity contribution in [2.45, 2.75) is 12.8 Å². The zero-order valence-corrected chi connectivity index (χ0v) is 11.2. The van der Waals surface area contributed by atoms with Crippen LogP contribution in [0.2, 0.25) is 0 Å². The summed E-state index contributed by atoms with van der Waals surface area (Å²) in [7, 11) is 0. The molecule has 0 radical (unpaired) electrons. The minimum atomic E-state index is -0.281. The normalized spacial score (nSPS) is 11.1. The molecule has 1 heterocycles. The van der Waals surface area contributed by atoms with Crippen molar-refractivity contribution >= 4 is 22.6 Å². The lowest BCUT2D eigenvalue weighted by Crippen LogP contribution is -2.02. The van der Waals surface area contributed by atoms with E-state index >= 15 is 0 Å². The third-order valence-electron chi connectivity index (χ3n) is 3.16. The van der Waals surface area contributed by atoms with Crippen LogP contribution in [0.5, 0.6) is 0 Å². The Hall–Kier alpha value is -1.87. The number of halogens is 2. The standard InChI is InChI=1S/C15H12ClFN2/c1-10-5-4-7-12-15(10)19(14(9-16)18-12)13-8-3-2-6-11(13)17/h2-8H,9H2,1H3. The number of hydrogen-bond acceptors (Lipinski definition) is 1. The molecule has 0 aliphatic heterocycles. The Bertz CT molecular complexity index is 749. The number of para-hydroxylation sites is 2. The average molecular weight is 275 g/mol. The zero-order valence-electron chi connectivity index (χ0n) is 10.4. The summed E-state index contributed by atoms with van der Waals surface area (Å²) in [5.74, 6) is 0.607. The molecule has 1 aromatic heterocycles. The Morgan fingerprint density at radius 3 is 2.68 bits per heavy atom. The summed E-state index contributed by atoms with van der Waals surface area (Å²) in [6.07, 6.45) is 0. The molecule has 0 N–H and O–H groups in total. The van der Waals surface area contributed by atoms with E-state index in [1.807, 2.05) is 25.1 Å². The lowest BCUT2D eigenvalue weighted by molar-refractivity contribution is 0.617. The van der Waals surface area contributed by atoms with E-state index < -0.39 is 0 Å². The van der Waals surface area contributed by atoms with E-state index in [0.717, 1.165) is 16.6 Å². The van der Waals surface area contributed by atoms with Gasteiger partial charge in [0.2, 0.25) is 0 Å². The summed E-state index contributed by atoms with van der Waals surface area (Å²) in [5, 5.41) is 0. The van der Waals surface area contributed by atoms with Crippen molar-refractivity contribution in [3.05, 3.63) is 59.7 Å². The summed E-state index contributed by atoms with van der Waals surface area (Å²) >= 11 is 5.95. The number of nitrogens with zero attached hydrogens (tertiary/aromatic N) is 2. The topological polar surface area (TPSA) is 17.8 Å². The van der Waals surface area contributed by atoms with Crippen LogP contribution in [0.1, 0.15) is 11.4 Å². The zero-order chi connectivity index (χ0) is 13.4. The lowest BCUT2D eigenvalue weighted by atomic mass is 10.2. The smallest absolute Gasteiger partial charge is 0.147 e. The highest BCUT2D eigenvalue weighted by molar-refractivity contribution is 6.17. The van der Waals surface area contributed by atoms with E-state index in [-0.39, 0.29) is 11.7 Å². The quantitative estimate of drug-likeness (QED) is 0.640. The van der Waals surface area contributed by atoms with Gasteiger partial charge < -0.3 is 0 Å². The first-order valence-corrected chi connectivity index (χ1v) is 6.53. The summed E-state index contributed by atoms with van der Waals surface area (Å²) in [4.78, 5) is 4.47. The fourth-order valence-electron chi connectivity index (χ4n) is 2.32. The van der Waals surface area contributed by atoms with Crippen LogP contribution in [-0.2, 0) is 5.88 Å². The third-order valence-corrected chi connectivity index (χ3v) is 3.40. The Kier molecular flexibility index (Phi) is 2.99. The van der Waals surface area contributed by atoms with Crippen LogP contribution in [0.25, 0.3) is 16.7 Å². The van der Waals surface area contributed by atoms with Gasteiger partial charge in [-0.2, -0.15) is 0 Å². The molecule has 2 aromatic carbocycles. The van der Waals surface area contributed by atoms with E-state index in [1.54, 1.807) is 22.8 Å². The van der Waals surface area contributed by atoms with Gasteiger partial charge in [0, 0.05) is 0 Å². The minimum absolute atomic E-state index is 0.239. The fraction of sp³-hybridized carbons (Fsp3) is 0.133. The number of hydrogen-bond donors (Lipinski definition) is 0. The largest absolute Gasteiger partial charge is 0.292 e. The monoisotopic (exact) mass is 274 g/mol. The Morgan fingerprint density at radius 2 is 1.95 bits per heavy atom. The molecule has 0 unspecified atom stereocenters. The highest BCUT2D eigenvalue weighted by Gasteiger charge is 2.15. The Morgan fingerprint density at radius 1 is 1.16 bits per heavy atom. The van der Waals surface area contributed by atoms with Crippen LogP contribution in [-0.4, -0.2) is 9.55 Å². The van der Waals surface area contributed by atoms with E-state index in [0.29, 0.717) is 11.5 Å². The maximum absolute atomic E-state index is 14.0. The van der Waals surface area contributed by atoms with Crippen LogP contribution in [0, 0.1) is 12.7 Å². The molecule has 0 saturated carbocycles. The van der Waals surface area contributed by atoms with Gasteiger partial charge in [0.15, 0.2) is 0 Å². The highest BCUT2D eigenvalue weighted by Crippen LogP contribution is 2.26. The van der Waals surface area contributed by atoms with E-state index in [1.165, 1.54) is 6.07 Å². The Balaban J connectivity index is 2.42. The molecule has 0 bridgehead atoms. The van der Waals surface area contributed by atoms with E-state index in [4.69, 9.17) is 11.6 Å². The summed E-state index contributed by atoms with van der Waals surface area (Å²) in [6, 6.07) is 12.5. The SMILES string of the molecule is Cc1cccc2nc(CCl)n(-c3ccccc3F)c12. The number of fused-ring (bicyclic) bond motifs is 1. The second kappa shape index (κ2) is 4.67. The first kappa shape index (κ1) is 12.2. The van der Waals surface area contributed by atoms with Crippen molar-refractivity contribution in [1.82, 2.24) is 9.55 Å². The number of aromatic nitrogens is 2. The van der Waals surface area contributed by atoms with E-state index in [9.17, 15) is 4.39 Å². The van der Waals surface area contributed by atoms with Gasteiger partial charge in [0.25, 0.3) is 0 Å². The van der Waals surface area contributed by atoms with Crippen molar-refractivity contribution in [1.29, 1.82) is 0 Å². The molecule has 0 fully saturated rings. The number of benzene rings is 2. The number of aryl methyl sites for hydroxylation is 1. The fourth-order valence-corrected chi connectivity index (χ4v) is 2.50. The molecule has 0 aliphatic rings. The predicted octanol–water partition coefficient (Wildman–Crippen LogP) is 4.21. The molecule has 0 atom stereocenters. The second-order valence-electron chi connectivity index (χ2n) is 4.39. The van der Waals surface area contributed by atoms with Gasteiger partial charge >= 0.3 is 0 Å². The maximum atomic E-state index is 14.0. The predicted molar refractivity (Wildman–Crippen MR) is 75.3 cm³/mol. The first-order chi connectivity index (χ1) is 9.22. The van der Waals surface area contributed by atoms with Gasteiger partial charge in [-0.05, 0) is 30.7 Å². The van der Waals surface area contributed by atoms with Crippen molar-refractivity contribution < 1.29 is 4.39 Å². The third kappa shape index (κ3) is 1.90. The maximum Gasteiger partial charge on any atom is 0.147 e. The molecule has 19 heavy (non-hydrogen) atoms. The van der Waals surface area contributed by atoms with Crippen molar-refractivity contribution in [2.24, 2.45) is 0 Å². The van der Waals surface area contributed by atoms with Crippen LogP contribution < -0.4 is 0 Å². The Labute approximate surface area is 115 Å². The van der Waals surface area contributed by atoms with Gasteiger partial charge in [-0.25, -0.2) is 9.37 Å². The molecule has 3 aromatic rings. The van der Waals surface area contributed by atoms with Crippen molar-refractivity contribution in [3.8, 4) is 5.69 Å². The molecule has 4 heteroatoms. The molecule has 3 rings (SSSR count). The molecule has 0 spiro atoms. The first-order valence-electron chi connectivity index (χ1n) is 6.00. The molecular weight excluding hydrogens is 263 g/mol. The van der Waals surface area contributed by atoms with Crippen LogP contribution >= 0.6 is 11.6 Å². The molecule has 2 nitrogen and oxygen atoms in total. The number of rotatable bonds is 2. The summed E-state index contributed by atoms with van der Waals surface area (Å²) < 4.78 is 15.8. The molecule has 0 aliphatic carbocycles. The van der Waals surface area contributed by atoms with E-state index in [2.05, 4.69) is 4.98 Å². The van der Waals surface area contributed by atoms with Gasteiger partial charge in [-0.3, -0.25) is 4.57 Å². The highest BCUT2D eigenvalue weighted by atomic mass is 35.5. The molecular formula is C15H12ClFN2. The molecule has 96 valence electrons. The average Bonchev–Trinajstić information content (AvgIpc) is 2.79. The second-order valence-corrected chi connectivity index (χ2v) is 4.66. The van der Waals surface area contributed by atoms with Gasteiger partial charge in [-0.15, -0.1) is 11.6 Å².